The molecule has 0 aromatic heterocycles. The first-order valence-electron chi connectivity index (χ1n) is 6.67. The van der Waals surface area contributed by atoms with Crippen LogP contribution in [0.15, 0.2) is 11.1 Å². The maximum atomic E-state index is 2.54. The SMILES string of the molecule is CC1=C2C3C(CCC2(C)CCC1)C3(C)C. The zero-order valence-electron chi connectivity index (χ0n) is 10.7. The van der Waals surface area contributed by atoms with Crippen molar-refractivity contribution in [3.8, 4) is 0 Å². The monoisotopic (exact) mass is 204 g/mol. The van der Waals surface area contributed by atoms with Crippen molar-refractivity contribution in [3.05, 3.63) is 11.1 Å². The van der Waals surface area contributed by atoms with E-state index in [0.29, 0.717) is 10.8 Å². The summed E-state index contributed by atoms with van der Waals surface area (Å²) in [7, 11) is 0. The lowest BCUT2D eigenvalue weighted by Crippen LogP contribution is -2.28. The maximum absolute atomic E-state index is 2.54. The summed E-state index contributed by atoms with van der Waals surface area (Å²) in [6.07, 6.45) is 7.22. The minimum atomic E-state index is 0.595. The van der Waals surface area contributed by atoms with Gasteiger partial charge in [-0.25, -0.2) is 0 Å². The second kappa shape index (κ2) is 2.70. The van der Waals surface area contributed by atoms with Crippen LogP contribution in [0.2, 0.25) is 0 Å². The minimum absolute atomic E-state index is 0.595. The number of hydrogen-bond acceptors (Lipinski definition) is 0. The summed E-state index contributed by atoms with van der Waals surface area (Å²) in [6.45, 7) is 9.92. The van der Waals surface area contributed by atoms with E-state index in [4.69, 9.17) is 0 Å². The zero-order valence-corrected chi connectivity index (χ0v) is 10.7. The van der Waals surface area contributed by atoms with Gasteiger partial charge in [0.1, 0.15) is 0 Å². The standard InChI is InChI=1S/C15H24/c1-10-6-5-8-15(4)9-7-11-13(12(10)15)14(11,2)3/h11,13H,5-9H2,1-4H3. The molecular formula is C15H24. The van der Waals surface area contributed by atoms with Gasteiger partial charge in [-0.3, -0.25) is 0 Å². The molecule has 0 nitrogen and oxygen atoms in total. The van der Waals surface area contributed by atoms with Gasteiger partial charge in [0.25, 0.3) is 0 Å². The fourth-order valence-corrected chi connectivity index (χ4v) is 4.76. The molecule has 0 saturated heterocycles. The first kappa shape index (κ1) is 9.93. The molecule has 15 heavy (non-hydrogen) atoms. The van der Waals surface area contributed by atoms with Crippen LogP contribution >= 0.6 is 0 Å². The van der Waals surface area contributed by atoms with Gasteiger partial charge in [-0.05, 0) is 61.7 Å². The van der Waals surface area contributed by atoms with Crippen LogP contribution in [0.25, 0.3) is 0 Å². The van der Waals surface area contributed by atoms with Crippen LogP contribution in [-0.2, 0) is 0 Å². The van der Waals surface area contributed by atoms with Crippen LogP contribution in [0.5, 0.6) is 0 Å². The van der Waals surface area contributed by atoms with Crippen LogP contribution in [0, 0.1) is 22.7 Å². The van der Waals surface area contributed by atoms with E-state index in [1.807, 2.05) is 5.57 Å². The van der Waals surface area contributed by atoms with Crippen LogP contribution in [-0.4, -0.2) is 0 Å². The van der Waals surface area contributed by atoms with E-state index < -0.39 is 0 Å². The lowest BCUT2D eigenvalue weighted by Gasteiger charge is -2.41. The van der Waals surface area contributed by atoms with E-state index >= 15 is 0 Å². The summed E-state index contributed by atoms with van der Waals surface area (Å²) in [4.78, 5) is 0. The van der Waals surface area contributed by atoms with Crippen LogP contribution in [0.1, 0.15) is 59.8 Å². The molecule has 0 amide bonds. The van der Waals surface area contributed by atoms with Gasteiger partial charge >= 0.3 is 0 Å². The normalized spacial score (nSPS) is 47.2. The maximum Gasteiger partial charge on any atom is -0.0107 e. The molecule has 3 rings (SSSR count). The molecule has 0 spiro atoms. The van der Waals surface area contributed by atoms with Gasteiger partial charge in [-0.15, -0.1) is 0 Å². The van der Waals surface area contributed by atoms with E-state index in [9.17, 15) is 0 Å². The fourth-order valence-electron chi connectivity index (χ4n) is 4.76. The lowest BCUT2D eigenvalue weighted by molar-refractivity contribution is 0.250. The topological polar surface area (TPSA) is 0 Å². The Hall–Kier alpha value is -0.260. The number of allylic oxidation sites excluding steroid dienone is 2. The summed E-state index contributed by atoms with van der Waals surface area (Å²) < 4.78 is 0. The van der Waals surface area contributed by atoms with E-state index in [0.717, 1.165) is 11.8 Å². The largest absolute Gasteiger partial charge is 0.0733 e. The summed E-state index contributed by atoms with van der Waals surface area (Å²) in [5, 5.41) is 0. The smallest absolute Gasteiger partial charge is 0.0107 e. The summed E-state index contributed by atoms with van der Waals surface area (Å²) in [5.41, 5.74) is 4.88. The first-order valence-corrected chi connectivity index (χ1v) is 6.67. The molecule has 3 aliphatic carbocycles. The Morgan fingerprint density at radius 3 is 2.60 bits per heavy atom. The Kier molecular flexibility index (Phi) is 1.79. The zero-order chi connectivity index (χ0) is 10.8. The Balaban J connectivity index is 2.05. The van der Waals surface area contributed by atoms with Crippen molar-refractivity contribution in [2.75, 3.05) is 0 Å². The lowest BCUT2D eigenvalue weighted by atomic mass is 9.64. The van der Waals surface area contributed by atoms with Gasteiger partial charge in [-0.2, -0.15) is 0 Å². The van der Waals surface area contributed by atoms with Crippen LogP contribution in [0.4, 0.5) is 0 Å². The average molecular weight is 204 g/mol. The molecule has 0 aromatic rings. The van der Waals surface area contributed by atoms with E-state index in [1.165, 1.54) is 32.1 Å². The van der Waals surface area contributed by atoms with Gasteiger partial charge < -0.3 is 0 Å². The quantitative estimate of drug-likeness (QED) is 0.507. The molecule has 0 radical (unpaired) electrons. The van der Waals surface area contributed by atoms with Gasteiger partial charge in [0.2, 0.25) is 0 Å². The third-order valence-electron chi connectivity index (χ3n) is 5.76. The van der Waals surface area contributed by atoms with E-state index in [2.05, 4.69) is 27.7 Å². The Morgan fingerprint density at radius 1 is 1.13 bits per heavy atom. The molecule has 0 heteroatoms. The summed E-state index contributed by atoms with van der Waals surface area (Å²) >= 11 is 0. The molecule has 2 fully saturated rings. The first-order chi connectivity index (χ1) is 6.97. The van der Waals surface area contributed by atoms with Crippen molar-refractivity contribution >= 4 is 0 Å². The predicted octanol–water partition coefficient (Wildman–Crippen LogP) is 4.56. The molecule has 2 saturated carbocycles. The predicted molar refractivity (Wildman–Crippen MR) is 64.7 cm³/mol. The molecule has 0 heterocycles. The van der Waals surface area contributed by atoms with Gasteiger partial charge in [0.15, 0.2) is 0 Å². The second-order valence-corrected chi connectivity index (χ2v) is 7.05. The minimum Gasteiger partial charge on any atom is -0.0733 e. The number of fused-ring (bicyclic) bond motifs is 3. The van der Waals surface area contributed by atoms with Crippen molar-refractivity contribution in [1.82, 2.24) is 0 Å². The molecule has 3 atom stereocenters. The van der Waals surface area contributed by atoms with Crippen LogP contribution in [0.3, 0.4) is 0 Å². The highest BCUT2D eigenvalue weighted by molar-refractivity contribution is 5.36. The highest BCUT2D eigenvalue weighted by atomic mass is 14.7. The molecule has 0 bridgehead atoms. The van der Waals surface area contributed by atoms with Crippen molar-refractivity contribution in [2.45, 2.75) is 59.8 Å². The Labute approximate surface area is 94.1 Å². The van der Waals surface area contributed by atoms with Crippen molar-refractivity contribution in [3.63, 3.8) is 0 Å². The molecule has 84 valence electrons. The van der Waals surface area contributed by atoms with Gasteiger partial charge in [-0.1, -0.05) is 31.9 Å². The Morgan fingerprint density at radius 2 is 1.87 bits per heavy atom. The van der Waals surface area contributed by atoms with E-state index in [-0.39, 0.29) is 0 Å². The molecule has 0 aromatic carbocycles. The summed E-state index contributed by atoms with van der Waals surface area (Å²) in [5.74, 6) is 1.98. The third-order valence-corrected chi connectivity index (χ3v) is 5.76. The highest BCUT2D eigenvalue weighted by Crippen LogP contribution is 2.72. The number of hydrogen-bond donors (Lipinski definition) is 0. The molecule has 0 aliphatic heterocycles. The van der Waals surface area contributed by atoms with Crippen molar-refractivity contribution in [2.24, 2.45) is 22.7 Å². The fraction of sp³-hybridized carbons (Fsp3) is 0.867. The van der Waals surface area contributed by atoms with Gasteiger partial charge in [0.05, 0.1) is 0 Å². The molecular weight excluding hydrogens is 180 g/mol. The summed E-state index contributed by atoms with van der Waals surface area (Å²) in [6, 6.07) is 0. The molecule has 3 aliphatic rings. The van der Waals surface area contributed by atoms with Crippen molar-refractivity contribution in [1.29, 1.82) is 0 Å². The third kappa shape index (κ3) is 1.14. The van der Waals surface area contributed by atoms with Crippen LogP contribution < -0.4 is 0 Å². The Bertz CT molecular complexity index is 334. The second-order valence-electron chi connectivity index (χ2n) is 7.05. The number of rotatable bonds is 0. The average Bonchev–Trinajstić information content (AvgIpc) is 2.68. The van der Waals surface area contributed by atoms with Gasteiger partial charge in [0, 0.05) is 0 Å². The van der Waals surface area contributed by atoms with Crippen molar-refractivity contribution < 1.29 is 0 Å². The van der Waals surface area contributed by atoms with E-state index in [1.54, 1.807) is 5.57 Å². The molecule has 3 unspecified atom stereocenters. The molecule has 0 N–H and O–H groups in total. The highest BCUT2D eigenvalue weighted by Gasteiger charge is 2.64.